The lowest BCUT2D eigenvalue weighted by atomic mass is 10.0. The van der Waals surface area contributed by atoms with Crippen LogP contribution in [0.15, 0.2) is 77.5 Å². The van der Waals surface area contributed by atoms with Crippen LogP contribution in [0.4, 0.5) is 8.78 Å². The molecule has 0 aliphatic carbocycles. The van der Waals surface area contributed by atoms with Crippen molar-refractivity contribution in [1.29, 1.82) is 0 Å². The molecule has 2 atom stereocenters. The molecular weight excluding hydrogens is 440 g/mol. The highest BCUT2D eigenvalue weighted by atomic mass is 19.1. The van der Waals surface area contributed by atoms with Gasteiger partial charge in [0.25, 0.3) is 0 Å². The molecular formula is C26H27F2N3O3. The summed E-state index contributed by atoms with van der Waals surface area (Å²) in [4.78, 5) is 12.8. The van der Waals surface area contributed by atoms with Crippen LogP contribution in [0.3, 0.4) is 0 Å². The van der Waals surface area contributed by atoms with Crippen molar-refractivity contribution in [2.24, 2.45) is 0 Å². The fourth-order valence-corrected chi connectivity index (χ4v) is 4.00. The summed E-state index contributed by atoms with van der Waals surface area (Å²) in [7, 11) is 0. The molecule has 0 aliphatic heterocycles. The number of carbonyl (C=O) groups is 1. The smallest absolute Gasteiger partial charge is 0.222 e. The van der Waals surface area contributed by atoms with E-state index in [4.69, 9.17) is 4.42 Å². The van der Waals surface area contributed by atoms with E-state index in [9.17, 15) is 18.7 Å². The van der Waals surface area contributed by atoms with Crippen molar-refractivity contribution >= 4 is 16.8 Å². The Bertz CT molecular complexity index is 1200. The van der Waals surface area contributed by atoms with Crippen LogP contribution in [-0.4, -0.2) is 34.3 Å². The van der Waals surface area contributed by atoms with Gasteiger partial charge in [0.2, 0.25) is 5.91 Å². The molecule has 2 heterocycles. The van der Waals surface area contributed by atoms with Crippen LogP contribution in [0.1, 0.15) is 17.7 Å². The van der Waals surface area contributed by atoms with Crippen LogP contribution in [0.25, 0.3) is 10.9 Å². The highest BCUT2D eigenvalue weighted by molar-refractivity contribution is 5.80. The lowest BCUT2D eigenvalue weighted by Gasteiger charge is -2.25. The monoisotopic (exact) mass is 467 g/mol. The standard InChI is InChI=1S/C26H27F2N3O3/c27-20-12-18(13-21(28)15-20)14-23(25(32)17-29-16-22-5-3-11-34-22)30-26(33)8-10-31-9-7-19-4-1-2-6-24(19)31/h1-7,9,11-13,15,23,25,29,32H,8,10,14,16-17H2,(H,30,33)/t23-,25+/m0/s1. The van der Waals surface area contributed by atoms with E-state index in [0.717, 1.165) is 17.0 Å². The van der Waals surface area contributed by atoms with Crippen molar-refractivity contribution < 1.29 is 23.1 Å². The molecule has 0 fully saturated rings. The third-order valence-corrected chi connectivity index (χ3v) is 5.68. The van der Waals surface area contributed by atoms with E-state index in [-0.39, 0.29) is 25.3 Å². The Kier molecular flexibility index (Phi) is 7.72. The fourth-order valence-electron chi connectivity index (χ4n) is 4.00. The third kappa shape index (κ3) is 6.30. The SMILES string of the molecule is O=C(CCn1ccc2ccccc21)N[C@@H](Cc1cc(F)cc(F)c1)[C@H](O)CNCc1ccco1. The van der Waals surface area contributed by atoms with Crippen molar-refractivity contribution in [3.63, 3.8) is 0 Å². The summed E-state index contributed by atoms with van der Waals surface area (Å²) in [5.41, 5.74) is 1.38. The zero-order valence-electron chi connectivity index (χ0n) is 18.6. The number of furan rings is 1. The van der Waals surface area contributed by atoms with E-state index in [1.807, 2.05) is 41.1 Å². The first-order valence-electron chi connectivity index (χ1n) is 11.2. The first-order chi connectivity index (χ1) is 16.5. The van der Waals surface area contributed by atoms with Crippen molar-refractivity contribution in [2.75, 3.05) is 6.54 Å². The molecule has 0 spiro atoms. The molecule has 2 aromatic carbocycles. The molecule has 1 amide bonds. The lowest BCUT2D eigenvalue weighted by Crippen LogP contribution is -2.48. The predicted molar refractivity (Wildman–Crippen MR) is 125 cm³/mol. The van der Waals surface area contributed by atoms with Gasteiger partial charge in [-0.2, -0.15) is 0 Å². The van der Waals surface area contributed by atoms with Crippen LogP contribution in [0, 0.1) is 11.6 Å². The number of benzene rings is 2. The minimum absolute atomic E-state index is 0.0798. The average Bonchev–Trinajstić information content (AvgIpc) is 3.46. The number of aromatic nitrogens is 1. The van der Waals surface area contributed by atoms with Crippen molar-refractivity contribution in [1.82, 2.24) is 15.2 Å². The van der Waals surface area contributed by atoms with E-state index in [2.05, 4.69) is 10.6 Å². The molecule has 178 valence electrons. The van der Waals surface area contributed by atoms with Crippen LogP contribution in [0.2, 0.25) is 0 Å². The molecule has 8 heteroatoms. The summed E-state index contributed by atoms with van der Waals surface area (Å²) in [6.07, 6.45) is 2.77. The normalized spacial score (nSPS) is 13.1. The second-order valence-electron chi connectivity index (χ2n) is 8.25. The number of hydrogen-bond donors (Lipinski definition) is 3. The number of hydrogen-bond acceptors (Lipinski definition) is 4. The predicted octanol–water partition coefficient (Wildman–Crippen LogP) is 3.78. The van der Waals surface area contributed by atoms with Gasteiger partial charge in [-0.05, 0) is 53.8 Å². The van der Waals surface area contributed by atoms with Gasteiger partial charge in [-0.25, -0.2) is 8.78 Å². The molecule has 0 radical (unpaired) electrons. The molecule has 0 bridgehead atoms. The summed E-state index contributed by atoms with van der Waals surface area (Å²) in [5.74, 6) is -0.960. The maximum absolute atomic E-state index is 13.7. The zero-order valence-corrected chi connectivity index (χ0v) is 18.6. The van der Waals surface area contributed by atoms with Gasteiger partial charge in [0.1, 0.15) is 17.4 Å². The molecule has 0 aliphatic rings. The number of aryl methyl sites for hydroxylation is 1. The Morgan fingerprint density at radius 1 is 1.06 bits per heavy atom. The van der Waals surface area contributed by atoms with Gasteiger partial charge in [0.15, 0.2) is 0 Å². The average molecular weight is 468 g/mol. The van der Waals surface area contributed by atoms with E-state index in [1.54, 1.807) is 18.4 Å². The third-order valence-electron chi connectivity index (χ3n) is 5.68. The van der Waals surface area contributed by atoms with E-state index < -0.39 is 23.8 Å². The maximum Gasteiger partial charge on any atom is 0.222 e. The molecule has 6 nitrogen and oxygen atoms in total. The summed E-state index contributed by atoms with van der Waals surface area (Å²) in [6, 6.07) is 15.9. The number of aliphatic hydroxyl groups is 1. The minimum atomic E-state index is -0.988. The molecule has 3 N–H and O–H groups in total. The first kappa shape index (κ1) is 23.7. The number of para-hydroxylation sites is 1. The summed E-state index contributed by atoms with van der Waals surface area (Å²) >= 11 is 0. The van der Waals surface area contributed by atoms with Gasteiger partial charge in [-0.3, -0.25) is 4.79 Å². The molecule has 0 unspecified atom stereocenters. The second-order valence-corrected chi connectivity index (χ2v) is 8.25. The van der Waals surface area contributed by atoms with Crippen molar-refractivity contribution in [3.8, 4) is 0 Å². The molecule has 0 saturated heterocycles. The number of fused-ring (bicyclic) bond motifs is 1. The Morgan fingerprint density at radius 3 is 2.62 bits per heavy atom. The van der Waals surface area contributed by atoms with E-state index >= 15 is 0 Å². The Labute approximate surface area is 196 Å². The van der Waals surface area contributed by atoms with Crippen molar-refractivity contribution in [2.45, 2.75) is 38.1 Å². The Hall–Kier alpha value is -3.49. The van der Waals surface area contributed by atoms with Crippen LogP contribution < -0.4 is 10.6 Å². The first-order valence-corrected chi connectivity index (χ1v) is 11.2. The fraction of sp³-hybridized carbons (Fsp3) is 0.269. The van der Waals surface area contributed by atoms with Gasteiger partial charge in [0.05, 0.1) is 25.0 Å². The highest BCUT2D eigenvalue weighted by Crippen LogP contribution is 2.16. The quantitative estimate of drug-likeness (QED) is 0.314. The molecule has 2 aromatic heterocycles. The summed E-state index contributed by atoms with van der Waals surface area (Å²) in [6.45, 7) is 1.03. The second kappa shape index (κ2) is 11.1. The number of aliphatic hydroxyl groups excluding tert-OH is 1. The van der Waals surface area contributed by atoms with Gasteiger partial charge < -0.3 is 24.7 Å². The molecule has 0 saturated carbocycles. The van der Waals surface area contributed by atoms with Gasteiger partial charge in [-0.1, -0.05) is 18.2 Å². The molecule has 4 aromatic rings. The number of rotatable bonds is 11. The van der Waals surface area contributed by atoms with E-state index in [0.29, 0.717) is 24.4 Å². The molecule has 34 heavy (non-hydrogen) atoms. The van der Waals surface area contributed by atoms with Gasteiger partial charge >= 0.3 is 0 Å². The Morgan fingerprint density at radius 2 is 1.85 bits per heavy atom. The molecule has 4 rings (SSSR count). The maximum atomic E-state index is 13.7. The zero-order chi connectivity index (χ0) is 23.9. The lowest BCUT2D eigenvalue weighted by molar-refractivity contribution is -0.122. The number of nitrogens with zero attached hydrogens (tertiary/aromatic N) is 1. The largest absolute Gasteiger partial charge is 0.468 e. The van der Waals surface area contributed by atoms with Crippen LogP contribution in [-0.2, 0) is 24.3 Å². The summed E-state index contributed by atoms with van der Waals surface area (Å²) in [5, 5.41) is 17.8. The van der Waals surface area contributed by atoms with Crippen LogP contribution >= 0.6 is 0 Å². The van der Waals surface area contributed by atoms with Crippen molar-refractivity contribution in [3.05, 3.63) is 96.1 Å². The topological polar surface area (TPSA) is 79.4 Å². The number of nitrogens with one attached hydrogen (secondary N) is 2. The highest BCUT2D eigenvalue weighted by Gasteiger charge is 2.22. The number of halogens is 2. The number of carbonyl (C=O) groups excluding carboxylic acids is 1. The van der Waals surface area contributed by atoms with E-state index in [1.165, 1.54) is 12.1 Å². The minimum Gasteiger partial charge on any atom is -0.468 e. The number of amides is 1. The Balaban J connectivity index is 1.39. The van der Waals surface area contributed by atoms with Gasteiger partial charge in [0, 0.05) is 37.3 Å². The summed E-state index contributed by atoms with van der Waals surface area (Å²) < 4.78 is 34.6. The van der Waals surface area contributed by atoms with Crippen LogP contribution in [0.5, 0.6) is 0 Å². The van der Waals surface area contributed by atoms with Gasteiger partial charge in [-0.15, -0.1) is 0 Å².